The van der Waals surface area contributed by atoms with Gasteiger partial charge in [0, 0.05) is 13.1 Å². The zero-order chi connectivity index (χ0) is 16.7. The van der Waals surface area contributed by atoms with Gasteiger partial charge in [-0.05, 0) is 30.9 Å². The molecule has 0 aliphatic carbocycles. The van der Waals surface area contributed by atoms with Crippen LogP contribution in [0.1, 0.15) is 25.3 Å². The van der Waals surface area contributed by atoms with Crippen LogP contribution >= 0.6 is 0 Å². The smallest absolute Gasteiger partial charge is 0.410 e. The van der Waals surface area contributed by atoms with Crippen molar-refractivity contribution in [1.29, 1.82) is 0 Å². The molecule has 0 saturated carbocycles. The number of hydrogen-bond acceptors (Lipinski definition) is 4. The number of benzene rings is 1. The number of likely N-dealkylation sites (tertiary alicyclic amines) is 1. The van der Waals surface area contributed by atoms with Crippen molar-refractivity contribution in [2.45, 2.75) is 26.4 Å². The fourth-order valence-electron chi connectivity index (χ4n) is 2.44. The summed E-state index contributed by atoms with van der Waals surface area (Å²) in [4.78, 5) is 24.5. The number of allylic oxidation sites excluding steroid dienone is 1. The van der Waals surface area contributed by atoms with Crippen molar-refractivity contribution in [2.75, 3.05) is 19.7 Å². The van der Waals surface area contributed by atoms with E-state index in [1.54, 1.807) is 11.8 Å². The van der Waals surface area contributed by atoms with Crippen molar-refractivity contribution in [3.05, 3.63) is 47.2 Å². The molecule has 6 heteroatoms. The molecule has 1 amide bonds. The lowest BCUT2D eigenvalue weighted by molar-refractivity contribution is -0.129. The summed E-state index contributed by atoms with van der Waals surface area (Å²) < 4.78 is 23.3. The van der Waals surface area contributed by atoms with Gasteiger partial charge in [-0.1, -0.05) is 30.3 Å². The van der Waals surface area contributed by atoms with Crippen LogP contribution in [0.3, 0.4) is 0 Å². The molecule has 23 heavy (non-hydrogen) atoms. The molecule has 5 nitrogen and oxygen atoms in total. The molecule has 0 aromatic heterocycles. The second-order valence-electron chi connectivity index (χ2n) is 5.17. The van der Waals surface area contributed by atoms with Gasteiger partial charge < -0.3 is 14.4 Å². The quantitative estimate of drug-likeness (QED) is 0.475. The summed E-state index contributed by atoms with van der Waals surface area (Å²) >= 11 is 0. The zero-order valence-corrected chi connectivity index (χ0v) is 13.1. The van der Waals surface area contributed by atoms with Crippen LogP contribution in [0.4, 0.5) is 9.18 Å². The molecule has 0 atom stereocenters. The van der Waals surface area contributed by atoms with Gasteiger partial charge >= 0.3 is 12.1 Å². The van der Waals surface area contributed by atoms with Gasteiger partial charge in [0.1, 0.15) is 6.61 Å². The number of piperidine rings is 1. The molecule has 2 rings (SSSR count). The van der Waals surface area contributed by atoms with Crippen molar-refractivity contribution in [1.82, 2.24) is 4.90 Å². The summed E-state index contributed by atoms with van der Waals surface area (Å²) in [6.07, 6.45) is 0.411. The van der Waals surface area contributed by atoms with Crippen LogP contribution < -0.4 is 0 Å². The van der Waals surface area contributed by atoms with Crippen LogP contribution in [0.25, 0.3) is 0 Å². The molecule has 1 heterocycles. The van der Waals surface area contributed by atoms with E-state index < -0.39 is 12.1 Å². The van der Waals surface area contributed by atoms with E-state index in [1.807, 2.05) is 30.3 Å². The number of carbonyl (C=O) groups excluding carboxylic acids is 2. The topological polar surface area (TPSA) is 55.8 Å². The van der Waals surface area contributed by atoms with Crippen LogP contribution in [0.2, 0.25) is 0 Å². The average Bonchev–Trinajstić information content (AvgIpc) is 2.58. The minimum atomic E-state index is -1.55. The van der Waals surface area contributed by atoms with Crippen LogP contribution in [-0.4, -0.2) is 36.7 Å². The largest absolute Gasteiger partial charge is 0.488 e. The Kier molecular flexibility index (Phi) is 6.14. The molecule has 1 aliphatic heterocycles. The monoisotopic (exact) mass is 321 g/mol. The number of amides is 1. The maximum absolute atomic E-state index is 13.0. The summed E-state index contributed by atoms with van der Waals surface area (Å²) in [7, 11) is 0. The van der Waals surface area contributed by atoms with Gasteiger partial charge in [-0.2, -0.15) is 4.39 Å². The lowest BCUT2D eigenvalue weighted by Crippen LogP contribution is -2.37. The molecule has 1 saturated heterocycles. The fourth-order valence-corrected chi connectivity index (χ4v) is 2.44. The summed E-state index contributed by atoms with van der Waals surface area (Å²) in [5.41, 5.74) is 1.53. The number of hydrogen-bond donors (Lipinski definition) is 0. The van der Waals surface area contributed by atoms with E-state index in [9.17, 15) is 14.0 Å². The van der Waals surface area contributed by atoms with Crippen molar-refractivity contribution in [3.8, 4) is 0 Å². The van der Waals surface area contributed by atoms with Gasteiger partial charge in [0.25, 0.3) is 0 Å². The highest BCUT2D eigenvalue weighted by Gasteiger charge is 2.25. The molecule has 0 unspecified atom stereocenters. The van der Waals surface area contributed by atoms with Crippen molar-refractivity contribution >= 4 is 12.1 Å². The SMILES string of the molecule is CCOC(C(=O)F)=C1CCN(C(=O)OCc2ccccc2)CC1. The summed E-state index contributed by atoms with van der Waals surface area (Å²) in [6.45, 7) is 2.91. The normalized spacial score (nSPS) is 14.3. The number of ether oxygens (including phenoxy) is 2. The summed E-state index contributed by atoms with van der Waals surface area (Å²) in [5.74, 6) is -0.204. The Morgan fingerprint density at radius 1 is 1.13 bits per heavy atom. The maximum atomic E-state index is 13.0. The number of halogens is 1. The van der Waals surface area contributed by atoms with Gasteiger partial charge in [0.05, 0.1) is 6.61 Å². The van der Waals surface area contributed by atoms with E-state index in [1.165, 1.54) is 0 Å². The molecule has 0 radical (unpaired) electrons. The van der Waals surface area contributed by atoms with Crippen LogP contribution in [0.5, 0.6) is 0 Å². The minimum absolute atomic E-state index is 0.204. The number of nitrogens with zero attached hydrogens (tertiary/aromatic N) is 1. The Balaban J connectivity index is 1.87. The highest BCUT2D eigenvalue weighted by molar-refractivity contribution is 5.86. The lowest BCUT2D eigenvalue weighted by atomic mass is 10.0. The first-order valence-electron chi connectivity index (χ1n) is 7.62. The van der Waals surface area contributed by atoms with Gasteiger partial charge in [0.2, 0.25) is 0 Å². The van der Waals surface area contributed by atoms with Crippen molar-refractivity contribution in [2.24, 2.45) is 0 Å². The van der Waals surface area contributed by atoms with Gasteiger partial charge in [-0.25, -0.2) is 4.79 Å². The highest BCUT2D eigenvalue weighted by Crippen LogP contribution is 2.22. The van der Waals surface area contributed by atoms with Gasteiger partial charge in [-0.3, -0.25) is 4.79 Å². The Morgan fingerprint density at radius 3 is 2.35 bits per heavy atom. The first-order chi connectivity index (χ1) is 11.1. The van der Waals surface area contributed by atoms with E-state index >= 15 is 0 Å². The second kappa shape index (κ2) is 8.31. The first kappa shape index (κ1) is 17.0. The predicted molar refractivity (Wildman–Crippen MR) is 82.2 cm³/mol. The van der Waals surface area contributed by atoms with Crippen LogP contribution in [0.15, 0.2) is 41.7 Å². The first-order valence-corrected chi connectivity index (χ1v) is 7.62. The van der Waals surface area contributed by atoms with Gasteiger partial charge in [0.15, 0.2) is 5.76 Å². The fraction of sp³-hybridized carbons (Fsp3) is 0.412. The zero-order valence-electron chi connectivity index (χ0n) is 13.1. The lowest BCUT2D eigenvalue weighted by Gasteiger charge is -2.28. The van der Waals surface area contributed by atoms with E-state index in [0.29, 0.717) is 31.5 Å². The molecule has 0 bridgehead atoms. The van der Waals surface area contributed by atoms with Crippen molar-refractivity contribution in [3.63, 3.8) is 0 Å². The van der Waals surface area contributed by atoms with E-state index in [0.717, 1.165) is 5.56 Å². The van der Waals surface area contributed by atoms with E-state index in [2.05, 4.69) is 0 Å². The molecule has 1 fully saturated rings. The third kappa shape index (κ3) is 4.81. The third-order valence-electron chi connectivity index (χ3n) is 3.62. The molecule has 0 N–H and O–H groups in total. The summed E-state index contributed by atoms with van der Waals surface area (Å²) in [6, 6.07) is 7.86. The van der Waals surface area contributed by atoms with E-state index in [4.69, 9.17) is 9.47 Å². The Hall–Kier alpha value is -2.37. The van der Waals surface area contributed by atoms with Crippen LogP contribution in [0, 0.1) is 0 Å². The minimum Gasteiger partial charge on any atom is -0.488 e. The molecule has 0 spiro atoms. The standard InChI is InChI=1S/C17H20FNO4/c1-2-22-15(16(18)20)14-8-10-19(11-9-14)17(21)23-12-13-6-4-3-5-7-13/h3-7H,2,8-12H2,1H3. The Labute approximate surface area is 134 Å². The Morgan fingerprint density at radius 2 is 1.78 bits per heavy atom. The van der Waals surface area contributed by atoms with Crippen molar-refractivity contribution < 1.29 is 23.5 Å². The molecule has 1 aromatic carbocycles. The average molecular weight is 321 g/mol. The molecule has 1 aromatic rings. The molecular weight excluding hydrogens is 301 g/mol. The molecular formula is C17H20FNO4. The predicted octanol–water partition coefficient (Wildman–Crippen LogP) is 3.21. The number of carbonyl (C=O) groups is 2. The summed E-state index contributed by atoms with van der Waals surface area (Å²) in [5, 5.41) is 0. The van der Waals surface area contributed by atoms with Crippen LogP contribution in [-0.2, 0) is 20.9 Å². The Bertz CT molecular complexity index is 576. The molecule has 1 aliphatic rings. The second-order valence-corrected chi connectivity index (χ2v) is 5.17. The highest BCUT2D eigenvalue weighted by atomic mass is 19.1. The third-order valence-corrected chi connectivity index (χ3v) is 3.62. The maximum Gasteiger partial charge on any atom is 0.410 e. The van der Waals surface area contributed by atoms with Gasteiger partial charge in [-0.15, -0.1) is 0 Å². The molecule has 124 valence electrons. The van der Waals surface area contributed by atoms with E-state index in [-0.39, 0.29) is 19.0 Å². The number of rotatable bonds is 5.